The molecule has 0 radical (unpaired) electrons. The van der Waals surface area contributed by atoms with Gasteiger partial charge < -0.3 is 15.4 Å². The first kappa shape index (κ1) is 14.5. The third kappa shape index (κ3) is 5.04. The average molecular weight is 242 g/mol. The Balaban J connectivity index is 2.25. The SMILES string of the molecule is CC(C)C(C)(C)CNC(=O)CC1COCCN1. The molecule has 17 heavy (non-hydrogen) atoms. The molecule has 4 heteroatoms. The van der Waals surface area contributed by atoms with E-state index in [1.54, 1.807) is 0 Å². The topological polar surface area (TPSA) is 50.4 Å². The largest absolute Gasteiger partial charge is 0.378 e. The second-order valence-corrected chi connectivity index (χ2v) is 5.85. The van der Waals surface area contributed by atoms with E-state index in [9.17, 15) is 4.79 Å². The van der Waals surface area contributed by atoms with E-state index in [1.807, 2.05) is 0 Å². The maximum Gasteiger partial charge on any atom is 0.221 e. The summed E-state index contributed by atoms with van der Waals surface area (Å²) in [6.45, 7) is 11.7. The van der Waals surface area contributed by atoms with Gasteiger partial charge in [0.1, 0.15) is 0 Å². The van der Waals surface area contributed by atoms with E-state index in [-0.39, 0.29) is 17.4 Å². The lowest BCUT2D eigenvalue weighted by Crippen LogP contribution is -2.45. The first-order valence-electron chi connectivity index (χ1n) is 6.49. The minimum Gasteiger partial charge on any atom is -0.378 e. The molecular formula is C13H26N2O2. The van der Waals surface area contributed by atoms with Crippen LogP contribution >= 0.6 is 0 Å². The maximum absolute atomic E-state index is 11.8. The number of morpholine rings is 1. The van der Waals surface area contributed by atoms with Gasteiger partial charge in [-0.25, -0.2) is 0 Å². The number of rotatable bonds is 5. The highest BCUT2D eigenvalue weighted by atomic mass is 16.5. The molecule has 0 bridgehead atoms. The zero-order valence-corrected chi connectivity index (χ0v) is 11.5. The Kier molecular flexibility index (Phi) is 5.40. The van der Waals surface area contributed by atoms with Gasteiger partial charge in [-0.1, -0.05) is 27.7 Å². The molecule has 4 nitrogen and oxygen atoms in total. The van der Waals surface area contributed by atoms with Gasteiger partial charge in [-0.3, -0.25) is 4.79 Å². The molecule has 1 aliphatic heterocycles. The van der Waals surface area contributed by atoms with Crippen LogP contribution in [0.15, 0.2) is 0 Å². The molecule has 0 saturated carbocycles. The van der Waals surface area contributed by atoms with Gasteiger partial charge >= 0.3 is 0 Å². The van der Waals surface area contributed by atoms with E-state index in [0.29, 0.717) is 18.9 Å². The van der Waals surface area contributed by atoms with Crippen molar-refractivity contribution < 1.29 is 9.53 Å². The van der Waals surface area contributed by atoms with Crippen LogP contribution in [0.5, 0.6) is 0 Å². The smallest absolute Gasteiger partial charge is 0.221 e. The summed E-state index contributed by atoms with van der Waals surface area (Å²) in [7, 11) is 0. The van der Waals surface area contributed by atoms with Crippen LogP contribution in [0.4, 0.5) is 0 Å². The quantitative estimate of drug-likeness (QED) is 0.761. The summed E-state index contributed by atoms with van der Waals surface area (Å²) in [6.07, 6.45) is 0.508. The molecule has 1 saturated heterocycles. The standard InChI is InChI=1S/C13H26N2O2/c1-10(2)13(3,4)9-15-12(16)7-11-8-17-6-5-14-11/h10-11,14H,5-9H2,1-4H3,(H,15,16). The summed E-state index contributed by atoms with van der Waals surface area (Å²) in [5.41, 5.74) is 0.145. The number of ether oxygens (including phenoxy) is 1. The van der Waals surface area contributed by atoms with Gasteiger partial charge in [0.2, 0.25) is 5.91 Å². The molecule has 0 spiro atoms. The second-order valence-electron chi connectivity index (χ2n) is 5.85. The van der Waals surface area contributed by atoms with E-state index in [4.69, 9.17) is 4.74 Å². The van der Waals surface area contributed by atoms with E-state index in [1.165, 1.54) is 0 Å². The van der Waals surface area contributed by atoms with Crippen molar-refractivity contribution in [3.05, 3.63) is 0 Å². The van der Waals surface area contributed by atoms with Crippen LogP contribution in [0, 0.1) is 11.3 Å². The lowest BCUT2D eigenvalue weighted by molar-refractivity contribution is -0.122. The van der Waals surface area contributed by atoms with Crippen LogP contribution in [-0.4, -0.2) is 38.3 Å². The molecule has 2 N–H and O–H groups in total. The normalized spacial score (nSPS) is 21.6. The Labute approximate surface area is 104 Å². The molecule has 1 atom stereocenters. The zero-order valence-electron chi connectivity index (χ0n) is 11.5. The molecule has 100 valence electrons. The minimum atomic E-state index is 0.113. The predicted octanol–water partition coefficient (Wildman–Crippen LogP) is 1.16. The van der Waals surface area contributed by atoms with Crippen LogP contribution in [-0.2, 0) is 9.53 Å². The fraction of sp³-hybridized carbons (Fsp3) is 0.923. The molecule has 1 aliphatic rings. The number of nitrogens with one attached hydrogen (secondary N) is 2. The molecule has 0 aliphatic carbocycles. The van der Waals surface area contributed by atoms with E-state index in [2.05, 4.69) is 38.3 Å². The van der Waals surface area contributed by atoms with Crippen molar-refractivity contribution in [3.8, 4) is 0 Å². The Morgan fingerprint density at radius 1 is 1.53 bits per heavy atom. The fourth-order valence-corrected chi connectivity index (χ4v) is 1.58. The Hall–Kier alpha value is -0.610. The van der Waals surface area contributed by atoms with Gasteiger partial charge in [-0.2, -0.15) is 0 Å². The number of amides is 1. The highest BCUT2D eigenvalue weighted by Gasteiger charge is 2.24. The van der Waals surface area contributed by atoms with Gasteiger partial charge in [-0.05, 0) is 11.3 Å². The Bertz CT molecular complexity index is 246. The third-order valence-electron chi connectivity index (χ3n) is 3.73. The van der Waals surface area contributed by atoms with Crippen LogP contribution < -0.4 is 10.6 Å². The average Bonchev–Trinajstić information content (AvgIpc) is 2.28. The van der Waals surface area contributed by atoms with Crippen molar-refractivity contribution in [3.63, 3.8) is 0 Å². The molecule has 1 fully saturated rings. The first-order valence-corrected chi connectivity index (χ1v) is 6.49. The lowest BCUT2D eigenvalue weighted by Gasteiger charge is -2.30. The molecule has 0 aromatic carbocycles. The molecule has 0 aromatic rings. The number of hydrogen-bond donors (Lipinski definition) is 2. The highest BCUT2D eigenvalue weighted by Crippen LogP contribution is 2.24. The summed E-state index contributed by atoms with van der Waals surface area (Å²) in [4.78, 5) is 11.8. The third-order valence-corrected chi connectivity index (χ3v) is 3.73. The first-order chi connectivity index (χ1) is 7.92. The van der Waals surface area contributed by atoms with E-state index < -0.39 is 0 Å². The van der Waals surface area contributed by atoms with Crippen molar-refractivity contribution in [2.75, 3.05) is 26.3 Å². The van der Waals surface area contributed by atoms with Gasteiger partial charge in [-0.15, -0.1) is 0 Å². The van der Waals surface area contributed by atoms with Crippen LogP contribution in [0.1, 0.15) is 34.1 Å². The van der Waals surface area contributed by atoms with Crippen molar-refractivity contribution in [2.24, 2.45) is 11.3 Å². The van der Waals surface area contributed by atoms with Gasteiger partial charge in [0.15, 0.2) is 0 Å². The van der Waals surface area contributed by atoms with Crippen LogP contribution in [0.25, 0.3) is 0 Å². The van der Waals surface area contributed by atoms with Crippen molar-refractivity contribution in [2.45, 2.75) is 40.2 Å². The summed E-state index contributed by atoms with van der Waals surface area (Å²) in [5.74, 6) is 0.667. The molecule has 1 unspecified atom stereocenters. The van der Waals surface area contributed by atoms with Gasteiger partial charge in [0, 0.05) is 25.6 Å². The fourth-order valence-electron chi connectivity index (χ4n) is 1.58. The monoisotopic (exact) mass is 242 g/mol. The summed E-state index contributed by atoms with van der Waals surface area (Å²) >= 11 is 0. The van der Waals surface area contributed by atoms with Crippen molar-refractivity contribution in [1.29, 1.82) is 0 Å². The minimum absolute atomic E-state index is 0.113. The zero-order chi connectivity index (χ0) is 12.9. The second kappa shape index (κ2) is 6.36. The number of hydrogen-bond acceptors (Lipinski definition) is 3. The summed E-state index contributed by atoms with van der Waals surface area (Å²) in [6, 6.07) is 0.172. The van der Waals surface area contributed by atoms with E-state index >= 15 is 0 Å². The number of carbonyl (C=O) groups is 1. The molecule has 1 amide bonds. The summed E-state index contributed by atoms with van der Waals surface area (Å²) in [5, 5.41) is 6.30. The van der Waals surface area contributed by atoms with Gasteiger partial charge in [0.05, 0.1) is 13.2 Å². The van der Waals surface area contributed by atoms with E-state index in [0.717, 1.165) is 19.7 Å². The lowest BCUT2D eigenvalue weighted by atomic mass is 9.81. The molecule has 0 aromatic heterocycles. The van der Waals surface area contributed by atoms with Crippen molar-refractivity contribution >= 4 is 5.91 Å². The Morgan fingerprint density at radius 2 is 2.24 bits per heavy atom. The van der Waals surface area contributed by atoms with Crippen LogP contribution in [0.2, 0.25) is 0 Å². The van der Waals surface area contributed by atoms with Crippen LogP contribution in [0.3, 0.4) is 0 Å². The molecule has 1 heterocycles. The molecular weight excluding hydrogens is 216 g/mol. The highest BCUT2D eigenvalue weighted by molar-refractivity contribution is 5.76. The van der Waals surface area contributed by atoms with Crippen molar-refractivity contribution in [1.82, 2.24) is 10.6 Å². The summed E-state index contributed by atoms with van der Waals surface area (Å²) < 4.78 is 5.32. The Morgan fingerprint density at radius 3 is 2.76 bits per heavy atom. The predicted molar refractivity (Wildman–Crippen MR) is 68.9 cm³/mol. The molecule has 1 rings (SSSR count). The number of carbonyl (C=O) groups excluding carboxylic acids is 1. The van der Waals surface area contributed by atoms with Gasteiger partial charge in [0.25, 0.3) is 0 Å². The maximum atomic E-state index is 11.8.